The van der Waals surface area contributed by atoms with Crippen molar-refractivity contribution in [3.05, 3.63) is 69.1 Å². The number of aromatic nitrogens is 1. The monoisotopic (exact) mass is 645 g/mol. The highest BCUT2D eigenvalue weighted by atomic mass is 35.5. The maximum Gasteiger partial charge on any atom is 0.322 e. The number of nitrogens with two attached hydrogens (primary N) is 1. The maximum atomic E-state index is 14.0. The molecule has 234 valence electrons. The Morgan fingerprint density at radius 1 is 1.09 bits per heavy atom. The molecule has 3 aliphatic heterocycles. The molecular weight excluding hydrogens is 610 g/mol. The Bertz CT molecular complexity index is 1610. The number of likely N-dealkylation sites (tertiary alicyclic amines) is 1. The van der Waals surface area contributed by atoms with Crippen LogP contribution in [0.2, 0.25) is 5.02 Å². The van der Waals surface area contributed by atoms with E-state index in [9.17, 15) is 14.4 Å². The fourth-order valence-electron chi connectivity index (χ4n) is 6.50. The topological polar surface area (TPSA) is 115 Å². The molecule has 0 radical (unpaired) electrons. The summed E-state index contributed by atoms with van der Waals surface area (Å²) in [5.74, 6) is 1.86. The number of pyridine rings is 1. The highest BCUT2D eigenvalue weighted by Crippen LogP contribution is 2.31. The predicted octanol–water partition coefficient (Wildman–Crippen LogP) is 4.30. The number of piperazine rings is 1. The van der Waals surface area contributed by atoms with Gasteiger partial charge in [-0.25, -0.2) is 4.79 Å². The van der Waals surface area contributed by atoms with Crippen molar-refractivity contribution in [2.24, 2.45) is 5.92 Å². The van der Waals surface area contributed by atoms with Crippen molar-refractivity contribution >= 4 is 57.8 Å². The van der Waals surface area contributed by atoms with Crippen LogP contribution in [0.25, 0.3) is 0 Å². The zero-order valence-electron chi connectivity index (χ0n) is 25.0. The third-order valence-corrected chi connectivity index (χ3v) is 10.2. The minimum Gasteiger partial charge on any atom is -0.397 e. The molecule has 3 aliphatic rings. The van der Waals surface area contributed by atoms with E-state index in [1.54, 1.807) is 35.9 Å². The van der Waals surface area contributed by atoms with E-state index in [1.807, 2.05) is 32.2 Å². The van der Waals surface area contributed by atoms with Gasteiger partial charge in [-0.3, -0.25) is 14.6 Å². The van der Waals surface area contributed by atoms with Crippen LogP contribution in [0.1, 0.15) is 36.0 Å². The van der Waals surface area contributed by atoms with Crippen LogP contribution in [0.15, 0.2) is 47.4 Å². The number of nitrogen functional groups attached to an aromatic ring is 1. The zero-order chi connectivity index (χ0) is 31.5. The summed E-state index contributed by atoms with van der Waals surface area (Å²) in [7, 11) is 0. The van der Waals surface area contributed by atoms with Crippen LogP contribution in [0.4, 0.5) is 21.9 Å². The molecule has 0 aliphatic carbocycles. The van der Waals surface area contributed by atoms with Crippen molar-refractivity contribution < 1.29 is 14.4 Å². The Balaban J connectivity index is 1.12. The second-order valence-corrected chi connectivity index (χ2v) is 12.9. The lowest BCUT2D eigenvalue weighted by atomic mass is 9.92. The van der Waals surface area contributed by atoms with Crippen LogP contribution < -0.4 is 16.0 Å². The van der Waals surface area contributed by atoms with Crippen LogP contribution in [-0.2, 0) is 22.6 Å². The van der Waals surface area contributed by atoms with E-state index in [-0.39, 0.29) is 30.3 Å². The van der Waals surface area contributed by atoms with Crippen molar-refractivity contribution in [1.29, 1.82) is 0 Å². The van der Waals surface area contributed by atoms with Crippen molar-refractivity contribution in [3.8, 4) is 12.3 Å². The lowest BCUT2D eigenvalue weighted by molar-refractivity contribution is -0.142. The van der Waals surface area contributed by atoms with E-state index in [0.717, 1.165) is 22.5 Å². The minimum absolute atomic E-state index is 0.0512. The number of benzene rings is 1. The number of amides is 4. The number of piperidine rings is 1. The normalized spacial score (nSPS) is 17.8. The first-order chi connectivity index (χ1) is 21.8. The molecule has 1 atom stereocenters. The molecule has 6 rings (SSSR count). The molecule has 3 aromatic rings. The first-order valence-corrected chi connectivity index (χ1v) is 16.5. The summed E-state index contributed by atoms with van der Waals surface area (Å²) in [6.07, 6.45) is 11.0. The van der Waals surface area contributed by atoms with Crippen LogP contribution >= 0.6 is 22.9 Å². The smallest absolute Gasteiger partial charge is 0.322 e. The molecule has 0 bridgehead atoms. The highest BCUT2D eigenvalue weighted by Gasteiger charge is 2.35. The van der Waals surface area contributed by atoms with Gasteiger partial charge in [0.05, 0.1) is 28.9 Å². The molecule has 10 nitrogen and oxygen atoms in total. The predicted molar refractivity (Wildman–Crippen MR) is 177 cm³/mol. The van der Waals surface area contributed by atoms with Crippen molar-refractivity contribution in [2.45, 2.75) is 38.3 Å². The van der Waals surface area contributed by atoms with Gasteiger partial charge >= 0.3 is 6.03 Å². The third-order valence-electron chi connectivity index (χ3n) is 9.06. The first kappa shape index (κ1) is 30.7. The summed E-state index contributed by atoms with van der Waals surface area (Å²) in [4.78, 5) is 52.4. The number of rotatable bonds is 7. The number of halogens is 1. The average Bonchev–Trinajstić information content (AvgIpc) is 3.53. The van der Waals surface area contributed by atoms with Gasteiger partial charge in [-0.05, 0) is 54.5 Å². The quantitative estimate of drug-likeness (QED) is 0.293. The number of nitrogens with one attached hydrogen (secondary N) is 1. The molecule has 4 amide bonds. The largest absolute Gasteiger partial charge is 0.397 e. The van der Waals surface area contributed by atoms with E-state index < -0.39 is 5.92 Å². The first-order valence-electron chi connectivity index (χ1n) is 15.2. The van der Waals surface area contributed by atoms with Crippen LogP contribution in [-0.4, -0.2) is 82.8 Å². The summed E-state index contributed by atoms with van der Waals surface area (Å²) in [5.41, 5.74) is 10.7. The Hall–Kier alpha value is -4.27. The summed E-state index contributed by atoms with van der Waals surface area (Å²) in [6.45, 7) is 4.14. The molecule has 12 heteroatoms. The Kier molecular flexibility index (Phi) is 9.14. The molecule has 3 N–H and O–H groups in total. The number of carbonyl (C=O) groups excluding carboxylic acids is 3. The number of hydrogen-bond donors (Lipinski definition) is 2. The molecule has 0 saturated carbocycles. The van der Waals surface area contributed by atoms with Gasteiger partial charge in [0.25, 0.3) is 0 Å². The summed E-state index contributed by atoms with van der Waals surface area (Å²) in [5, 5.41) is 7.34. The van der Waals surface area contributed by atoms with Crippen LogP contribution in [0.3, 0.4) is 0 Å². The summed E-state index contributed by atoms with van der Waals surface area (Å²) >= 11 is 7.97. The molecule has 5 heterocycles. The van der Waals surface area contributed by atoms with Crippen molar-refractivity contribution in [3.63, 3.8) is 0 Å². The maximum absolute atomic E-state index is 14.0. The van der Waals surface area contributed by atoms with Crippen molar-refractivity contribution in [1.82, 2.24) is 19.7 Å². The Morgan fingerprint density at radius 2 is 1.82 bits per heavy atom. The Morgan fingerprint density at radius 3 is 2.53 bits per heavy atom. The van der Waals surface area contributed by atoms with Gasteiger partial charge < -0.3 is 30.7 Å². The van der Waals surface area contributed by atoms with Crippen LogP contribution in [0, 0.1) is 18.3 Å². The fraction of sp³-hybridized carbons (Fsp3) is 0.394. The molecule has 0 spiro atoms. The number of terminal acetylenes is 1. The fourth-order valence-corrected chi connectivity index (χ4v) is 7.52. The number of nitrogens with zero attached hydrogens (tertiary/aromatic N) is 5. The number of carbonyl (C=O) groups is 3. The molecule has 2 aromatic heterocycles. The second-order valence-electron chi connectivity index (χ2n) is 11.8. The molecule has 2 fully saturated rings. The number of anilines is 3. The zero-order valence-corrected chi connectivity index (χ0v) is 26.5. The number of fused-ring (bicyclic) bond motifs is 1. The van der Waals surface area contributed by atoms with Gasteiger partial charge in [0.2, 0.25) is 11.8 Å². The van der Waals surface area contributed by atoms with E-state index in [0.29, 0.717) is 81.3 Å². The number of urea groups is 1. The van der Waals surface area contributed by atoms with E-state index in [2.05, 4.69) is 26.5 Å². The highest BCUT2D eigenvalue weighted by molar-refractivity contribution is 7.08. The average molecular weight is 646 g/mol. The van der Waals surface area contributed by atoms with Gasteiger partial charge in [0.15, 0.2) is 0 Å². The molecule has 0 unspecified atom stereocenters. The van der Waals surface area contributed by atoms with Gasteiger partial charge in [-0.1, -0.05) is 17.5 Å². The summed E-state index contributed by atoms with van der Waals surface area (Å²) in [6, 6.07) is 7.41. The number of hydrogen-bond acceptors (Lipinski definition) is 7. The van der Waals surface area contributed by atoms with E-state index in [1.165, 1.54) is 0 Å². The lowest BCUT2D eigenvalue weighted by Crippen LogP contribution is -2.52. The lowest BCUT2D eigenvalue weighted by Gasteiger charge is -2.40. The summed E-state index contributed by atoms with van der Waals surface area (Å²) < 4.78 is 0. The third kappa shape index (κ3) is 6.72. The standard InChI is InChI=1S/C33H36ClN7O3S/c1-2-23-15-22(17-28(34)31(23)35)16-24(32(43)40-13-11-38(12-14-40)26-3-7-36-8-4-26)18-30(42)39-9-5-27(6-10-39)41-19-25-20-45-21-29(25)37-33(41)44/h1,3-4,7-8,15,17,20-21,24,27H,5-6,9-14,16,18-19,35H2,(H,37,44)/t24-/m0/s1. The minimum atomic E-state index is -0.585. The van der Waals surface area contributed by atoms with Gasteiger partial charge in [-0.2, -0.15) is 0 Å². The van der Waals surface area contributed by atoms with E-state index >= 15 is 0 Å². The molecular formula is C33H36ClN7O3S. The molecule has 2 saturated heterocycles. The second kappa shape index (κ2) is 13.4. The van der Waals surface area contributed by atoms with Crippen molar-refractivity contribution in [2.75, 3.05) is 55.2 Å². The van der Waals surface area contributed by atoms with Gasteiger partial charge in [0, 0.05) is 86.3 Å². The van der Waals surface area contributed by atoms with Crippen LogP contribution in [0.5, 0.6) is 0 Å². The Labute approximate surface area is 272 Å². The van der Waals surface area contributed by atoms with E-state index in [4.69, 9.17) is 23.8 Å². The SMILES string of the molecule is C#Cc1cc(C[C@@H](CC(=O)N2CCC(N3Cc4cscc4NC3=O)CC2)C(=O)N2CCN(c3ccncc3)CC2)cc(Cl)c1N. The van der Waals surface area contributed by atoms with Gasteiger partial charge in [0.1, 0.15) is 0 Å². The molecule has 45 heavy (non-hydrogen) atoms. The molecule has 1 aromatic carbocycles. The van der Waals surface area contributed by atoms with Gasteiger partial charge in [-0.15, -0.1) is 17.8 Å². The number of thiophene rings is 1.